The van der Waals surface area contributed by atoms with Gasteiger partial charge in [0, 0.05) is 17.1 Å². The van der Waals surface area contributed by atoms with E-state index in [0.29, 0.717) is 0 Å². The molecule has 0 aliphatic rings. The first-order chi connectivity index (χ1) is 29.3. The molecule has 1 heteroatoms. The number of hydrogen-bond acceptors (Lipinski definition) is 1. The molecule has 0 aromatic heterocycles. The lowest BCUT2D eigenvalue weighted by atomic mass is 9.89. The summed E-state index contributed by atoms with van der Waals surface area (Å²) in [4.78, 5) is 2.33. The van der Waals surface area contributed by atoms with Gasteiger partial charge in [-0.05, 0) is 114 Å². The summed E-state index contributed by atoms with van der Waals surface area (Å²) >= 11 is 0. The molecule has 0 amide bonds. The van der Waals surface area contributed by atoms with Gasteiger partial charge in [-0.25, -0.2) is 0 Å². The molecule has 10 rings (SSSR count). The number of fused-ring (bicyclic) bond motifs is 1. The van der Waals surface area contributed by atoms with Crippen molar-refractivity contribution in [3.8, 4) is 66.8 Å². The fraction of sp³-hybridized carbons (Fsp3) is 0. The molecule has 0 heterocycles. The maximum absolute atomic E-state index is 2.33. The van der Waals surface area contributed by atoms with E-state index in [1.54, 1.807) is 0 Å². The zero-order valence-corrected chi connectivity index (χ0v) is 32.6. The number of hydrogen-bond donors (Lipinski definition) is 0. The number of nitrogens with zero attached hydrogens (tertiary/aromatic N) is 1. The summed E-state index contributed by atoms with van der Waals surface area (Å²) in [5.41, 5.74) is 17.9. The lowest BCUT2D eigenvalue weighted by Crippen LogP contribution is -2.09. The lowest BCUT2D eigenvalue weighted by molar-refractivity contribution is 1.28. The van der Waals surface area contributed by atoms with E-state index in [-0.39, 0.29) is 0 Å². The van der Waals surface area contributed by atoms with Crippen LogP contribution in [0.15, 0.2) is 249 Å². The van der Waals surface area contributed by atoms with Gasteiger partial charge in [-0.15, -0.1) is 0 Å². The third-order valence-electron chi connectivity index (χ3n) is 11.3. The van der Waals surface area contributed by atoms with Gasteiger partial charge in [-0.3, -0.25) is 0 Å². The Morgan fingerprint density at radius 3 is 0.983 bits per heavy atom. The van der Waals surface area contributed by atoms with Crippen LogP contribution >= 0.6 is 0 Å². The summed E-state index contributed by atoms with van der Waals surface area (Å²) < 4.78 is 0. The fourth-order valence-corrected chi connectivity index (χ4v) is 8.46. The molecule has 0 fully saturated rings. The topological polar surface area (TPSA) is 3.24 Å². The minimum atomic E-state index is 1.10. The minimum absolute atomic E-state index is 1.10. The van der Waals surface area contributed by atoms with E-state index in [1.165, 1.54) is 77.5 Å². The van der Waals surface area contributed by atoms with Crippen LogP contribution in [0.2, 0.25) is 0 Å². The molecule has 10 aromatic rings. The van der Waals surface area contributed by atoms with Gasteiger partial charge in [0.05, 0.1) is 0 Å². The van der Waals surface area contributed by atoms with Crippen molar-refractivity contribution in [3.05, 3.63) is 249 Å². The van der Waals surface area contributed by atoms with Crippen LogP contribution in [0, 0.1) is 0 Å². The van der Waals surface area contributed by atoms with Gasteiger partial charge in [0.2, 0.25) is 0 Å². The van der Waals surface area contributed by atoms with Crippen molar-refractivity contribution in [1.82, 2.24) is 0 Å². The quantitative estimate of drug-likeness (QED) is 0.142. The van der Waals surface area contributed by atoms with Crippen LogP contribution in [0.5, 0.6) is 0 Å². The highest BCUT2D eigenvalue weighted by Gasteiger charge is 2.16. The Balaban J connectivity index is 0.956. The molecular weight excluding hydrogens is 711 g/mol. The molecule has 10 aromatic carbocycles. The largest absolute Gasteiger partial charge is 0.311 e. The molecule has 0 unspecified atom stereocenters. The molecule has 0 spiro atoms. The molecule has 0 saturated heterocycles. The standard InChI is InChI=1S/C58H41N/c1-4-16-44(17-5-1)52-24-10-12-26-56(52)57-27-13-11-25-53(57)46-36-40-51(41-37-46)59(49-22-8-3-9-23-49)50-38-34-43(35-39-50)42-30-32-47(33-31-42)55-29-15-21-48-20-14-28-54(58(48)55)45-18-6-2-7-19-45/h1-41H. The van der Waals surface area contributed by atoms with Gasteiger partial charge in [-0.2, -0.15) is 0 Å². The Labute approximate surface area is 346 Å². The van der Waals surface area contributed by atoms with Crippen LogP contribution in [0.1, 0.15) is 0 Å². The molecule has 1 nitrogen and oxygen atoms in total. The number of para-hydroxylation sites is 1. The van der Waals surface area contributed by atoms with Crippen LogP contribution in [0.25, 0.3) is 77.5 Å². The second-order valence-corrected chi connectivity index (χ2v) is 14.9. The van der Waals surface area contributed by atoms with Gasteiger partial charge < -0.3 is 4.90 Å². The van der Waals surface area contributed by atoms with Crippen LogP contribution in [0.4, 0.5) is 17.1 Å². The van der Waals surface area contributed by atoms with Crippen LogP contribution in [-0.4, -0.2) is 0 Å². The average Bonchev–Trinajstić information content (AvgIpc) is 3.33. The van der Waals surface area contributed by atoms with Gasteiger partial charge in [0.15, 0.2) is 0 Å². The second-order valence-electron chi connectivity index (χ2n) is 14.9. The van der Waals surface area contributed by atoms with Crippen molar-refractivity contribution < 1.29 is 0 Å². The SMILES string of the molecule is c1ccc(-c2ccccc2-c2ccccc2-c2ccc(N(c3ccccc3)c3ccc(-c4ccc(-c5cccc6cccc(-c7ccccc7)c56)cc4)cc3)cc2)cc1. The molecule has 0 bridgehead atoms. The molecule has 278 valence electrons. The first-order valence-electron chi connectivity index (χ1n) is 20.3. The maximum Gasteiger partial charge on any atom is 0.0462 e. The molecule has 0 atom stereocenters. The highest BCUT2D eigenvalue weighted by molar-refractivity contribution is 6.06. The summed E-state index contributed by atoms with van der Waals surface area (Å²) in [5, 5.41) is 2.53. The van der Waals surface area contributed by atoms with Crippen molar-refractivity contribution in [1.29, 1.82) is 0 Å². The van der Waals surface area contributed by atoms with Gasteiger partial charge in [-0.1, -0.05) is 212 Å². The van der Waals surface area contributed by atoms with Crippen LogP contribution in [-0.2, 0) is 0 Å². The first kappa shape index (κ1) is 35.7. The predicted molar refractivity (Wildman–Crippen MR) is 251 cm³/mol. The monoisotopic (exact) mass is 751 g/mol. The summed E-state index contributed by atoms with van der Waals surface area (Å²) in [5.74, 6) is 0. The molecule has 0 aliphatic carbocycles. The molecule has 0 saturated carbocycles. The Hall–Kier alpha value is -7.74. The summed E-state index contributed by atoms with van der Waals surface area (Å²) in [6.45, 7) is 0. The van der Waals surface area contributed by atoms with E-state index in [1.807, 2.05) is 0 Å². The third kappa shape index (κ3) is 7.12. The Bertz CT molecular complexity index is 2980. The Kier molecular flexibility index (Phi) is 9.68. The zero-order chi connectivity index (χ0) is 39.4. The molecule has 0 N–H and O–H groups in total. The van der Waals surface area contributed by atoms with Crippen molar-refractivity contribution in [2.75, 3.05) is 4.90 Å². The van der Waals surface area contributed by atoms with Crippen LogP contribution in [0.3, 0.4) is 0 Å². The van der Waals surface area contributed by atoms with Crippen LogP contribution < -0.4 is 4.90 Å². The third-order valence-corrected chi connectivity index (χ3v) is 11.3. The summed E-state index contributed by atoms with van der Waals surface area (Å²) in [6, 6.07) is 89.6. The van der Waals surface area contributed by atoms with Gasteiger partial charge in [0.25, 0.3) is 0 Å². The number of benzene rings is 10. The molecule has 0 radical (unpaired) electrons. The van der Waals surface area contributed by atoms with E-state index in [9.17, 15) is 0 Å². The first-order valence-corrected chi connectivity index (χ1v) is 20.3. The second kappa shape index (κ2) is 16.0. The summed E-state index contributed by atoms with van der Waals surface area (Å²) in [7, 11) is 0. The van der Waals surface area contributed by atoms with Crippen molar-refractivity contribution in [3.63, 3.8) is 0 Å². The van der Waals surface area contributed by atoms with Gasteiger partial charge >= 0.3 is 0 Å². The zero-order valence-electron chi connectivity index (χ0n) is 32.6. The van der Waals surface area contributed by atoms with Crippen molar-refractivity contribution in [2.24, 2.45) is 0 Å². The molecule has 59 heavy (non-hydrogen) atoms. The van der Waals surface area contributed by atoms with E-state index in [2.05, 4.69) is 254 Å². The molecule has 0 aliphatic heterocycles. The highest BCUT2D eigenvalue weighted by atomic mass is 15.1. The fourth-order valence-electron chi connectivity index (χ4n) is 8.46. The number of anilines is 3. The smallest absolute Gasteiger partial charge is 0.0462 e. The lowest BCUT2D eigenvalue weighted by Gasteiger charge is -2.26. The average molecular weight is 752 g/mol. The van der Waals surface area contributed by atoms with Crippen molar-refractivity contribution in [2.45, 2.75) is 0 Å². The summed E-state index contributed by atoms with van der Waals surface area (Å²) in [6.07, 6.45) is 0. The van der Waals surface area contributed by atoms with E-state index in [0.717, 1.165) is 17.1 Å². The Morgan fingerprint density at radius 1 is 0.186 bits per heavy atom. The van der Waals surface area contributed by atoms with Crippen molar-refractivity contribution >= 4 is 27.8 Å². The van der Waals surface area contributed by atoms with E-state index in [4.69, 9.17) is 0 Å². The normalized spacial score (nSPS) is 11.1. The van der Waals surface area contributed by atoms with Gasteiger partial charge in [0.1, 0.15) is 0 Å². The predicted octanol–water partition coefficient (Wildman–Crippen LogP) is 16.3. The minimum Gasteiger partial charge on any atom is -0.311 e. The van der Waals surface area contributed by atoms with E-state index < -0.39 is 0 Å². The van der Waals surface area contributed by atoms with E-state index >= 15 is 0 Å². The highest BCUT2D eigenvalue weighted by Crippen LogP contribution is 2.41. The maximum atomic E-state index is 2.33. The Morgan fingerprint density at radius 2 is 0.492 bits per heavy atom. The number of rotatable bonds is 9. The molecular formula is C58H41N.